The van der Waals surface area contributed by atoms with Crippen LogP contribution in [-0.2, 0) is 6.42 Å². The summed E-state index contributed by atoms with van der Waals surface area (Å²) in [5, 5.41) is 3.23. The molecule has 0 spiro atoms. The van der Waals surface area contributed by atoms with E-state index in [0.29, 0.717) is 0 Å². The zero-order chi connectivity index (χ0) is 12.7. The Morgan fingerprint density at radius 2 is 1.94 bits per heavy atom. The molecule has 0 aromatic heterocycles. The normalized spacial score (nSPS) is 10.4. The maximum atomic E-state index is 5.41. The number of hydrogen-bond donors (Lipinski definition) is 1. The van der Waals surface area contributed by atoms with Gasteiger partial charge in [0.05, 0.1) is 24.6 Å². The van der Waals surface area contributed by atoms with E-state index >= 15 is 0 Å². The quantitative estimate of drug-likeness (QED) is 0.362. The van der Waals surface area contributed by atoms with Gasteiger partial charge in [-0.2, -0.15) is 0 Å². The van der Waals surface area contributed by atoms with E-state index in [2.05, 4.69) is 27.3 Å². The number of ether oxygens (including phenoxy) is 2. The second kappa shape index (κ2) is 7.84. The van der Waals surface area contributed by atoms with E-state index < -0.39 is 0 Å². The van der Waals surface area contributed by atoms with E-state index in [1.54, 1.807) is 26.0 Å². The number of benzene rings is 1. The Balaban J connectivity index is 2.93. The lowest BCUT2D eigenvalue weighted by atomic mass is 10.1. The first-order valence-corrected chi connectivity index (χ1v) is 7.67. The molecule has 0 aliphatic rings. The molecule has 0 bridgehead atoms. The van der Waals surface area contributed by atoms with Gasteiger partial charge in [0.1, 0.15) is 11.5 Å². The van der Waals surface area contributed by atoms with Gasteiger partial charge in [-0.1, -0.05) is 15.9 Å². The average molecular weight is 320 g/mol. The van der Waals surface area contributed by atoms with Crippen molar-refractivity contribution in [2.24, 2.45) is 0 Å². The molecule has 0 saturated heterocycles. The second-order valence-electron chi connectivity index (χ2n) is 3.40. The van der Waals surface area contributed by atoms with Crippen molar-refractivity contribution in [1.29, 1.82) is 0 Å². The summed E-state index contributed by atoms with van der Waals surface area (Å²) < 4.78 is 10.8. The van der Waals surface area contributed by atoms with Crippen LogP contribution in [0.5, 0.6) is 11.5 Å². The number of alkyl halides is 1. The number of methoxy groups -OCH3 is 2. The van der Waals surface area contributed by atoms with Gasteiger partial charge in [-0.3, -0.25) is 0 Å². The Bertz CT molecular complexity index is 361. The summed E-state index contributed by atoms with van der Waals surface area (Å²) in [4.78, 5) is 1.10. The molecule has 0 amide bonds. The fourth-order valence-corrected chi connectivity index (χ4v) is 2.43. The van der Waals surface area contributed by atoms with Gasteiger partial charge in [0.15, 0.2) is 0 Å². The molecule has 5 heteroatoms. The van der Waals surface area contributed by atoms with Crippen molar-refractivity contribution in [1.82, 2.24) is 5.32 Å². The van der Waals surface area contributed by atoms with Crippen LogP contribution in [-0.4, -0.2) is 32.5 Å². The molecule has 1 aromatic rings. The second-order valence-corrected chi connectivity index (χ2v) is 4.81. The molecule has 17 heavy (non-hydrogen) atoms. The highest BCUT2D eigenvalue weighted by molar-refractivity contribution is 9.09. The Hall–Kier alpha value is -0.390. The number of thioether (sulfide) groups is 1. The molecule has 0 aliphatic heterocycles. The van der Waals surface area contributed by atoms with Crippen LogP contribution in [0.2, 0.25) is 0 Å². The molecule has 3 nitrogen and oxygen atoms in total. The Labute approximate surface area is 115 Å². The van der Waals surface area contributed by atoms with Gasteiger partial charge in [-0.15, -0.1) is 11.8 Å². The molecule has 1 rings (SSSR count). The third kappa shape index (κ3) is 4.08. The van der Waals surface area contributed by atoms with E-state index in [9.17, 15) is 0 Å². The topological polar surface area (TPSA) is 30.5 Å². The van der Waals surface area contributed by atoms with Crippen LogP contribution in [0.4, 0.5) is 0 Å². The third-order valence-corrected chi connectivity index (χ3v) is 3.61. The molecule has 1 aromatic carbocycles. The van der Waals surface area contributed by atoms with Crippen LogP contribution in [0.25, 0.3) is 0 Å². The number of halogens is 1. The monoisotopic (exact) mass is 319 g/mol. The maximum Gasteiger partial charge on any atom is 0.132 e. The van der Waals surface area contributed by atoms with Gasteiger partial charge >= 0.3 is 0 Å². The van der Waals surface area contributed by atoms with Gasteiger partial charge in [-0.25, -0.2) is 0 Å². The zero-order valence-corrected chi connectivity index (χ0v) is 12.8. The van der Waals surface area contributed by atoms with Gasteiger partial charge in [0.25, 0.3) is 0 Å². The minimum absolute atomic E-state index is 0.801. The van der Waals surface area contributed by atoms with E-state index in [1.807, 2.05) is 12.3 Å². The Morgan fingerprint density at radius 1 is 1.24 bits per heavy atom. The fourth-order valence-electron chi connectivity index (χ4n) is 1.58. The molecule has 1 N–H and O–H groups in total. The SMILES string of the molecule is COc1cc(SC)c(OC)cc1CCNCBr. The first-order chi connectivity index (χ1) is 8.26. The van der Waals surface area contributed by atoms with Crippen molar-refractivity contribution >= 4 is 27.7 Å². The first-order valence-electron chi connectivity index (χ1n) is 5.32. The predicted molar refractivity (Wildman–Crippen MR) is 76.8 cm³/mol. The van der Waals surface area contributed by atoms with Crippen molar-refractivity contribution in [3.8, 4) is 11.5 Å². The Morgan fingerprint density at radius 3 is 2.47 bits per heavy atom. The van der Waals surface area contributed by atoms with Crippen LogP contribution in [0.15, 0.2) is 17.0 Å². The Kier molecular flexibility index (Phi) is 6.77. The highest BCUT2D eigenvalue weighted by atomic mass is 79.9. The van der Waals surface area contributed by atoms with Crippen molar-refractivity contribution in [2.75, 3.05) is 32.5 Å². The van der Waals surface area contributed by atoms with E-state index in [1.165, 1.54) is 0 Å². The molecule has 0 fully saturated rings. The molecular weight excluding hydrogens is 302 g/mol. The lowest BCUT2D eigenvalue weighted by Crippen LogP contribution is -2.15. The summed E-state index contributed by atoms with van der Waals surface area (Å²) in [7, 11) is 3.40. The van der Waals surface area contributed by atoms with Crippen molar-refractivity contribution in [2.45, 2.75) is 11.3 Å². The molecule has 0 atom stereocenters. The first kappa shape index (κ1) is 14.7. The highest BCUT2D eigenvalue weighted by Gasteiger charge is 2.10. The molecule has 0 heterocycles. The smallest absolute Gasteiger partial charge is 0.132 e. The zero-order valence-electron chi connectivity index (χ0n) is 10.4. The third-order valence-electron chi connectivity index (χ3n) is 2.45. The maximum absolute atomic E-state index is 5.41. The number of nitrogens with one attached hydrogen (secondary N) is 1. The van der Waals surface area contributed by atoms with Crippen molar-refractivity contribution < 1.29 is 9.47 Å². The van der Waals surface area contributed by atoms with Crippen LogP contribution in [0.3, 0.4) is 0 Å². The summed E-state index contributed by atoms with van der Waals surface area (Å²) >= 11 is 5.00. The summed E-state index contributed by atoms with van der Waals surface area (Å²) in [6, 6.07) is 4.09. The number of rotatable bonds is 7. The van der Waals surface area contributed by atoms with Crippen molar-refractivity contribution in [3.63, 3.8) is 0 Å². The number of hydrogen-bond acceptors (Lipinski definition) is 4. The van der Waals surface area contributed by atoms with Crippen molar-refractivity contribution in [3.05, 3.63) is 17.7 Å². The molecular formula is C12H18BrNO2S. The largest absolute Gasteiger partial charge is 0.496 e. The fraction of sp³-hybridized carbons (Fsp3) is 0.500. The summed E-state index contributed by atoms with van der Waals surface area (Å²) in [5.41, 5.74) is 1.96. The van der Waals surface area contributed by atoms with Gasteiger partial charge < -0.3 is 14.8 Å². The lowest BCUT2D eigenvalue weighted by molar-refractivity contribution is 0.390. The predicted octanol–water partition coefficient (Wildman–Crippen LogP) is 2.91. The minimum Gasteiger partial charge on any atom is -0.496 e. The van der Waals surface area contributed by atoms with Gasteiger partial charge in [0, 0.05) is 6.54 Å². The standard InChI is InChI=1S/C12H18BrNO2S/c1-15-10-7-12(17-3)11(16-2)6-9(10)4-5-14-8-13/h6-7,14H,4-5,8H2,1-3H3. The summed E-state index contributed by atoms with van der Waals surface area (Å²) in [6.45, 7) is 0.906. The van der Waals surface area contributed by atoms with E-state index in [4.69, 9.17) is 9.47 Å². The molecule has 0 saturated carbocycles. The van der Waals surface area contributed by atoms with Crippen LogP contribution in [0, 0.1) is 0 Å². The molecule has 0 aliphatic carbocycles. The lowest BCUT2D eigenvalue weighted by Gasteiger charge is -2.13. The molecule has 96 valence electrons. The molecule has 0 radical (unpaired) electrons. The van der Waals surface area contributed by atoms with E-state index in [0.717, 1.165) is 40.4 Å². The summed E-state index contributed by atoms with van der Waals surface area (Å²) in [5.74, 6) is 1.83. The molecule has 0 unspecified atom stereocenters. The summed E-state index contributed by atoms with van der Waals surface area (Å²) in [6.07, 6.45) is 2.95. The average Bonchev–Trinajstić information content (AvgIpc) is 2.38. The van der Waals surface area contributed by atoms with Gasteiger partial charge in [-0.05, 0) is 30.4 Å². The van der Waals surface area contributed by atoms with Crippen LogP contribution in [0.1, 0.15) is 5.56 Å². The van der Waals surface area contributed by atoms with E-state index in [-0.39, 0.29) is 0 Å². The van der Waals surface area contributed by atoms with Crippen LogP contribution >= 0.6 is 27.7 Å². The van der Waals surface area contributed by atoms with Crippen LogP contribution < -0.4 is 14.8 Å². The van der Waals surface area contributed by atoms with Gasteiger partial charge in [0.2, 0.25) is 0 Å². The highest BCUT2D eigenvalue weighted by Crippen LogP contribution is 2.34. The minimum atomic E-state index is 0.801.